The molecule has 0 aromatic rings. The van der Waals surface area contributed by atoms with Crippen LogP contribution in [0.25, 0.3) is 0 Å². The zero-order valence-corrected chi connectivity index (χ0v) is 12.4. The molecular weight excluding hydrogens is 234 g/mol. The van der Waals surface area contributed by atoms with Crippen LogP contribution in [0, 0.1) is 11.8 Å². The molecule has 2 nitrogen and oxygen atoms in total. The smallest absolute Gasteiger partial charge is 0.253 e. The van der Waals surface area contributed by atoms with Crippen molar-refractivity contribution in [3.8, 4) is 0 Å². The van der Waals surface area contributed by atoms with Crippen molar-refractivity contribution in [2.45, 2.75) is 40.0 Å². The van der Waals surface area contributed by atoms with Crippen molar-refractivity contribution in [2.75, 3.05) is 13.1 Å². The number of hydrogen-bond acceptors (Lipinski definition) is 1. The van der Waals surface area contributed by atoms with Crippen LogP contribution in [-0.4, -0.2) is 23.9 Å². The monoisotopic (exact) mass is 259 g/mol. The Balaban J connectivity index is 2.00. The van der Waals surface area contributed by atoms with Gasteiger partial charge in [-0.05, 0) is 44.9 Å². The number of amides is 1. The molecule has 1 atom stereocenters. The number of carbonyl (C=O) groups excluding carboxylic acids is 1. The van der Waals surface area contributed by atoms with Gasteiger partial charge < -0.3 is 4.90 Å². The predicted octanol–water partition coefficient (Wildman–Crippen LogP) is 3.71. The summed E-state index contributed by atoms with van der Waals surface area (Å²) in [6.07, 6.45) is 7.39. The molecule has 1 aliphatic carbocycles. The summed E-state index contributed by atoms with van der Waals surface area (Å²) in [5, 5.41) is 0. The van der Waals surface area contributed by atoms with E-state index in [0.29, 0.717) is 11.8 Å². The third-order valence-corrected chi connectivity index (χ3v) is 4.24. The molecule has 0 aromatic carbocycles. The summed E-state index contributed by atoms with van der Waals surface area (Å²) >= 11 is 0. The minimum atomic E-state index is 0.214. The molecular formula is C17H25NO. The van der Waals surface area contributed by atoms with E-state index in [4.69, 9.17) is 0 Å². The Labute approximate surface area is 116 Å². The second kappa shape index (κ2) is 5.77. The van der Waals surface area contributed by atoms with Gasteiger partial charge in [0.05, 0.1) is 0 Å². The van der Waals surface area contributed by atoms with Gasteiger partial charge in [0.25, 0.3) is 5.91 Å². The van der Waals surface area contributed by atoms with E-state index in [9.17, 15) is 4.79 Å². The summed E-state index contributed by atoms with van der Waals surface area (Å²) in [5.74, 6) is 1.29. The molecule has 2 heteroatoms. The van der Waals surface area contributed by atoms with Gasteiger partial charge in [0, 0.05) is 18.7 Å². The SMILES string of the molecule is C=C(C)C1CCN(C(=O)C2=CC(C)CC(C)=C2)CC1. The molecule has 104 valence electrons. The molecule has 0 radical (unpaired) electrons. The van der Waals surface area contributed by atoms with E-state index in [1.54, 1.807) is 0 Å². The third kappa shape index (κ3) is 3.37. The summed E-state index contributed by atoms with van der Waals surface area (Å²) in [4.78, 5) is 14.5. The lowest BCUT2D eigenvalue weighted by atomic mass is 9.89. The fourth-order valence-corrected chi connectivity index (χ4v) is 3.14. The topological polar surface area (TPSA) is 20.3 Å². The highest BCUT2D eigenvalue weighted by Crippen LogP contribution is 2.27. The first-order valence-corrected chi connectivity index (χ1v) is 7.31. The fraction of sp³-hybridized carbons (Fsp3) is 0.588. The molecule has 1 saturated heterocycles. The number of nitrogens with zero attached hydrogens (tertiary/aromatic N) is 1. The van der Waals surface area contributed by atoms with Crippen LogP contribution in [0.5, 0.6) is 0 Å². The molecule has 2 aliphatic rings. The number of likely N-dealkylation sites (tertiary alicyclic amines) is 1. The molecule has 1 amide bonds. The second-order valence-electron chi connectivity index (χ2n) is 6.21. The average Bonchev–Trinajstić information content (AvgIpc) is 2.37. The molecule has 0 N–H and O–H groups in total. The van der Waals surface area contributed by atoms with Crippen molar-refractivity contribution < 1.29 is 4.79 Å². The Morgan fingerprint density at radius 3 is 2.53 bits per heavy atom. The van der Waals surface area contributed by atoms with Gasteiger partial charge in [-0.1, -0.05) is 36.8 Å². The third-order valence-electron chi connectivity index (χ3n) is 4.24. The maximum Gasteiger partial charge on any atom is 0.253 e. The Morgan fingerprint density at radius 1 is 1.37 bits per heavy atom. The van der Waals surface area contributed by atoms with Crippen molar-refractivity contribution >= 4 is 5.91 Å². The van der Waals surface area contributed by atoms with E-state index < -0.39 is 0 Å². The summed E-state index contributed by atoms with van der Waals surface area (Å²) < 4.78 is 0. The Kier molecular flexibility index (Phi) is 4.28. The molecule has 0 saturated carbocycles. The van der Waals surface area contributed by atoms with Crippen LogP contribution < -0.4 is 0 Å². The van der Waals surface area contributed by atoms with E-state index in [-0.39, 0.29) is 5.91 Å². The molecule has 1 aliphatic heterocycles. The first-order chi connectivity index (χ1) is 8.97. The van der Waals surface area contributed by atoms with Gasteiger partial charge in [-0.15, -0.1) is 0 Å². The summed E-state index contributed by atoms with van der Waals surface area (Å²) in [6, 6.07) is 0. The predicted molar refractivity (Wildman–Crippen MR) is 79.7 cm³/mol. The molecule has 1 fully saturated rings. The Bertz CT molecular complexity index is 436. The van der Waals surface area contributed by atoms with Gasteiger partial charge in [0.1, 0.15) is 0 Å². The van der Waals surface area contributed by atoms with Crippen LogP contribution in [0.2, 0.25) is 0 Å². The average molecular weight is 259 g/mol. The van der Waals surface area contributed by atoms with Gasteiger partial charge in [-0.25, -0.2) is 0 Å². The first kappa shape index (κ1) is 14.1. The maximum atomic E-state index is 12.5. The molecule has 0 spiro atoms. The Hall–Kier alpha value is -1.31. The summed E-state index contributed by atoms with van der Waals surface area (Å²) in [5.41, 5.74) is 3.47. The molecule has 19 heavy (non-hydrogen) atoms. The van der Waals surface area contributed by atoms with Gasteiger partial charge in [0.15, 0.2) is 0 Å². The highest BCUT2D eigenvalue weighted by Gasteiger charge is 2.25. The molecule has 0 aromatic heterocycles. The van der Waals surface area contributed by atoms with Crippen molar-refractivity contribution in [1.29, 1.82) is 0 Å². The number of rotatable bonds is 2. The van der Waals surface area contributed by atoms with Crippen LogP contribution in [-0.2, 0) is 4.79 Å². The zero-order valence-electron chi connectivity index (χ0n) is 12.4. The minimum Gasteiger partial charge on any atom is -0.339 e. The zero-order chi connectivity index (χ0) is 14.0. The van der Waals surface area contributed by atoms with Gasteiger partial charge in [-0.2, -0.15) is 0 Å². The van der Waals surface area contributed by atoms with Crippen LogP contribution in [0.1, 0.15) is 40.0 Å². The van der Waals surface area contributed by atoms with Crippen LogP contribution >= 0.6 is 0 Å². The number of hydrogen-bond donors (Lipinski definition) is 0. The molecule has 1 heterocycles. The second-order valence-corrected chi connectivity index (χ2v) is 6.21. The molecule has 2 rings (SSSR count). The van der Waals surface area contributed by atoms with E-state index >= 15 is 0 Å². The van der Waals surface area contributed by atoms with Crippen LogP contribution in [0.4, 0.5) is 0 Å². The minimum absolute atomic E-state index is 0.214. The highest BCUT2D eigenvalue weighted by atomic mass is 16.2. The van der Waals surface area contributed by atoms with Crippen molar-refractivity contribution in [3.63, 3.8) is 0 Å². The van der Waals surface area contributed by atoms with E-state index in [1.807, 2.05) is 4.90 Å². The van der Waals surface area contributed by atoms with Crippen LogP contribution in [0.15, 0.2) is 35.5 Å². The Morgan fingerprint density at radius 2 is 2.00 bits per heavy atom. The quantitative estimate of drug-likeness (QED) is 0.692. The first-order valence-electron chi connectivity index (χ1n) is 7.31. The number of carbonyl (C=O) groups is 1. The molecule has 0 bridgehead atoms. The van der Waals surface area contributed by atoms with Crippen LogP contribution in [0.3, 0.4) is 0 Å². The summed E-state index contributed by atoms with van der Waals surface area (Å²) in [6.45, 7) is 12.2. The highest BCUT2D eigenvalue weighted by molar-refractivity contribution is 5.96. The van der Waals surface area contributed by atoms with Crippen molar-refractivity contribution in [1.82, 2.24) is 4.90 Å². The van der Waals surface area contributed by atoms with Gasteiger partial charge >= 0.3 is 0 Å². The number of allylic oxidation sites excluding steroid dienone is 3. The van der Waals surface area contributed by atoms with E-state index in [0.717, 1.165) is 37.9 Å². The lowest BCUT2D eigenvalue weighted by Gasteiger charge is -2.33. The standard InChI is InChI=1S/C17H25NO/c1-12(2)15-5-7-18(8-6-15)17(19)16-10-13(3)9-14(4)11-16/h10-11,13,15H,1,5-9H2,2-4H3. The fourth-order valence-electron chi connectivity index (χ4n) is 3.14. The van der Waals surface area contributed by atoms with Crippen molar-refractivity contribution in [3.05, 3.63) is 35.5 Å². The van der Waals surface area contributed by atoms with Gasteiger partial charge in [0.2, 0.25) is 0 Å². The maximum absolute atomic E-state index is 12.5. The largest absolute Gasteiger partial charge is 0.339 e. The summed E-state index contributed by atoms with van der Waals surface area (Å²) in [7, 11) is 0. The van der Waals surface area contributed by atoms with Gasteiger partial charge in [-0.3, -0.25) is 4.79 Å². The van der Waals surface area contributed by atoms with E-state index in [2.05, 4.69) is 39.5 Å². The molecule has 1 unspecified atom stereocenters. The lowest BCUT2D eigenvalue weighted by Crippen LogP contribution is -2.39. The normalized spacial score (nSPS) is 24.8. The van der Waals surface area contributed by atoms with Crippen molar-refractivity contribution in [2.24, 2.45) is 11.8 Å². The number of piperidine rings is 1. The van der Waals surface area contributed by atoms with E-state index in [1.165, 1.54) is 11.1 Å². The lowest BCUT2D eigenvalue weighted by molar-refractivity contribution is -0.128.